The number of benzene rings is 1. The fourth-order valence-corrected chi connectivity index (χ4v) is 3.59. The van der Waals surface area contributed by atoms with E-state index < -0.39 is 16.4 Å². The number of amides is 1. The van der Waals surface area contributed by atoms with Crippen LogP contribution in [-0.2, 0) is 11.3 Å². The molecule has 10 heteroatoms. The number of aromatic hydroxyl groups is 1. The SMILES string of the molecule is COc1cc(/C=C2/SC(=S)N(Cc3ccco3)C2=O)cc([N+](=O)[O-])c1O. The van der Waals surface area contributed by atoms with E-state index in [0.717, 1.165) is 17.8 Å². The molecule has 0 bridgehead atoms. The van der Waals surface area contributed by atoms with Gasteiger partial charge in [-0.3, -0.25) is 19.8 Å². The Morgan fingerprint density at radius 2 is 2.27 bits per heavy atom. The van der Waals surface area contributed by atoms with E-state index in [1.807, 2.05) is 0 Å². The molecule has 2 heterocycles. The quantitative estimate of drug-likeness (QED) is 0.358. The molecule has 2 aromatic rings. The van der Waals surface area contributed by atoms with Crippen LogP contribution in [0, 0.1) is 10.1 Å². The van der Waals surface area contributed by atoms with Gasteiger partial charge >= 0.3 is 5.69 Å². The number of nitro benzene ring substituents is 1. The van der Waals surface area contributed by atoms with Crippen molar-refractivity contribution in [2.24, 2.45) is 0 Å². The minimum absolute atomic E-state index is 0.0588. The van der Waals surface area contributed by atoms with E-state index in [1.165, 1.54) is 30.4 Å². The van der Waals surface area contributed by atoms with Crippen LogP contribution >= 0.6 is 24.0 Å². The summed E-state index contributed by atoms with van der Waals surface area (Å²) in [5.41, 5.74) is -0.175. The summed E-state index contributed by atoms with van der Waals surface area (Å²) >= 11 is 6.32. The van der Waals surface area contributed by atoms with Crippen molar-refractivity contribution in [3.8, 4) is 11.5 Å². The lowest BCUT2D eigenvalue weighted by Gasteiger charge is -2.12. The number of phenols is 1. The number of nitro groups is 1. The predicted molar refractivity (Wildman–Crippen MR) is 98.7 cm³/mol. The lowest BCUT2D eigenvalue weighted by molar-refractivity contribution is -0.386. The minimum atomic E-state index is -0.725. The highest BCUT2D eigenvalue weighted by Crippen LogP contribution is 2.39. The van der Waals surface area contributed by atoms with Crippen molar-refractivity contribution in [2.75, 3.05) is 7.11 Å². The van der Waals surface area contributed by atoms with E-state index in [-0.39, 0.29) is 18.2 Å². The minimum Gasteiger partial charge on any atom is -0.500 e. The van der Waals surface area contributed by atoms with E-state index in [1.54, 1.807) is 12.1 Å². The van der Waals surface area contributed by atoms with Crippen LogP contribution in [0.25, 0.3) is 6.08 Å². The van der Waals surface area contributed by atoms with Crippen LogP contribution in [0.5, 0.6) is 11.5 Å². The first-order valence-electron chi connectivity index (χ1n) is 7.24. The van der Waals surface area contributed by atoms with Gasteiger partial charge in [0.05, 0.1) is 29.7 Å². The summed E-state index contributed by atoms with van der Waals surface area (Å²) in [5.74, 6) is -0.368. The number of thioether (sulfide) groups is 1. The molecule has 8 nitrogen and oxygen atoms in total. The van der Waals surface area contributed by atoms with Gasteiger partial charge in [0, 0.05) is 6.07 Å². The summed E-state index contributed by atoms with van der Waals surface area (Å²) in [7, 11) is 1.28. The Bertz CT molecular complexity index is 923. The zero-order valence-electron chi connectivity index (χ0n) is 13.4. The van der Waals surface area contributed by atoms with Gasteiger partial charge < -0.3 is 14.3 Å². The fourth-order valence-electron chi connectivity index (χ4n) is 2.34. The topological polar surface area (TPSA) is 106 Å². The average molecular weight is 392 g/mol. The standard InChI is InChI=1S/C16H12N2O6S2/c1-23-12-6-9(5-11(14(12)19)18(21)22)7-13-15(20)17(16(25)26-13)8-10-3-2-4-24-10/h2-7,19H,8H2,1H3/b13-7+. The van der Waals surface area contributed by atoms with Gasteiger partial charge in [-0.25, -0.2) is 0 Å². The fraction of sp³-hybridized carbons (Fsp3) is 0.125. The normalized spacial score (nSPS) is 15.7. The highest BCUT2D eigenvalue weighted by molar-refractivity contribution is 8.26. The Kier molecular flexibility index (Phi) is 4.96. The molecule has 1 N–H and O–H groups in total. The van der Waals surface area contributed by atoms with E-state index in [4.69, 9.17) is 21.4 Å². The second-order valence-electron chi connectivity index (χ2n) is 5.20. The molecule has 0 radical (unpaired) electrons. The van der Waals surface area contributed by atoms with Gasteiger partial charge in [-0.05, 0) is 29.8 Å². The summed E-state index contributed by atoms with van der Waals surface area (Å²) in [4.78, 5) is 24.6. The predicted octanol–water partition coefficient (Wildman–Crippen LogP) is 3.30. The summed E-state index contributed by atoms with van der Waals surface area (Å²) in [6.45, 7) is 0.202. The van der Waals surface area contributed by atoms with Crippen molar-refractivity contribution < 1.29 is 24.0 Å². The Morgan fingerprint density at radius 3 is 2.88 bits per heavy atom. The molecule has 1 aliphatic heterocycles. The summed E-state index contributed by atoms with van der Waals surface area (Å²) in [5, 5.41) is 20.9. The third-order valence-corrected chi connectivity index (χ3v) is 4.94. The summed E-state index contributed by atoms with van der Waals surface area (Å²) in [6, 6.07) is 6.01. The van der Waals surface area contributed by atoms with Crippen LogP contribution in [0.1, 0.15) is 11.3 Å². The number of methoxy groups -OCH3 is 1. The number of ether oxygens (including phenoxy) is 1. The van der Waals surface area contributed by atoms with E-state index >= 15 is 0 Å². The maximum absolute atomic E-state index is 12.6. The number of carbonyl (C=O) groups is 1. The van der Waals surface area contributed by atoms with E-state index in [9.17, 15) is 20.0 Å². The van der Waals surface area contributed by atoms with Gasteiger partial charge in [-0.2, -0.15) is 0 Å². The summed E-state index contributed by atoms with van der Waals surface area (Å²) < 4.78 is 10.5. The zero-order valence-corrected chi connectivity index (χ0v) is 15.0. The molecular formula is C16H12N2O6S2. The van der Waals surface area contributed by atoms with Crippen molar-refractivity contribution >= 4 is 46.0 Å². The number of hydrogen-bond acceptors (Lipinski definition) is 8. The van der Waals surface area contributed by atoms with Crippen LogP contribution in [-0.4, -0.2) is 32.3 Å². The largest absolute Gasteiger partial charge is 0.500 e. The molecule has 0 aliphatic carbocycles. The van der Waals surface area contributed by atoms with Gasteiger partial charge in [0.2, 0.25) is 5.75 Å². The lowest BCUT2D eigenvalue weighted by atomic mass is 10.1. The first kappa shape index (κ1) is 18.0. The molecule has 1 aliphatic rings. The second-order valence-corrected chi connectivity index (χ2v) is 6.87. The van der Waals surface area contributed by atoms with Gasteiger partial charge in [-0.1, -0.05) is 24.0 Å². The molecule has 0 unspecified atom stereocenters. The number of hydrogen-bond donors (Lipinski definition) is 1. The van der Waals surface area contributed by atoms with E-state index in [0.29, 0.717) is 20.5 Å². The molecule has 1 aromatic carbocycles. The maximum Gasteiger partial charge on any atom is 0.315 e. The van der Waals surface area contributed by atoms with E-state index in [2.05, 4.69) is 0 Å². The van der Waals surface area contributed by atoms with Crippen molar-refractivity contribution in [1.82, 2.24) is 4.90 Å². The number of rotatable bonds is 5. The number of carbonyl (C=O) groups excluding carboxylic acids is 1. The third-order valence-electron chi connectivity index (χ3n) is 3.56. The number of thiocarbonyl (C=S) groups is 1. The van der Waals surface area contributed by atoms with Crippen LogP contribution in [0.3, 0.4) is 0 Å². The number of furan rings is 1. The Balaban J connectivity index is 1.93. The first-order valence-corrected chi connectivity index (χ1v) is 8.46. The third kappa shape index (κ3) is 3.41. The summed E-state index contributed by atoms with van der Waals surface area (Å²) in [6.07, 6.45) is 2.97. The number of phenolic OH excluding ortho intramolecular Hbond substituents is 1. The Morgan fingerprint density at radius 1 is 1.50 bits per heavy atom. The second kappa shape index (κ2) is 7.18. The average Bonchev–Trinajstić information content (AvgIpc) is 3.20. The molecule has 3 rings (SSSR count). The van der Waals surface area contributed by atoms with Gasteiger partial charge in [-0.15, -0.1) is 0 Å². The Hall–Kier alpha value is -2.85. The molecule has 0 atom stereocenters. The van der Waals surface area contributed by atoms with Crippen molar-refractivity contribution in [3.63, 3.8) is 0 Å². The van der Waals surface area contributed by atoms with Crippen molar-refractivity contribution in [1.29, 1.82) is 0 Å². The van der Waals surface area contributed by atoms with Gasteiger partial charge in [0.15, 0.2) is 5.75 Å². The molecule has 0 saturated carbocycles. The molecule has 0 spiro atoms. The zero-order chi connectivity index (χ0) is 18.8. The molecule has 1 fully saturated rings. The smallest absolute Gasteiger partial charge is 0.315 e. The van der Waals surface area contributed by atoms with Crippen LogP contribution < -0.4 is 4.74 Å². The van der Waals surface area contributed by atoms with Gasteiger partial charge in [0.1, 0.15) is 10.1 Å². The lowest BCUT2D eigenvalue weighted by Crippen LogP contribution is -2.27. The molecule has 1 amide bonds. The molecule has 134 valence electrons. The van der Waals surface area contributed by atoms with Crippen LogP contribution in [0.4, 0.5) is 5.69 Å². The molecule has 26 heavy (non-hydrogen) atoms. The van der Waals surface area contributed by atoms with Gasteiger partial charge in [0.25, 0.3) is 5.91 Å². The maximum atomic E-state index is 12.6. The molecule has 1 aromatic heterocycles. The highest BCUT2D eigenvalue weighted by atomic mass is 32.2. The molecular weight excluding hydrogens is 380 g/mol. The van der Waals surface area contributed by atoms with Crippen molar-refractivity contribution in [3.05, 3.63) is 56.9 Å². The van der Waals surface area contributed by atoms with Crippen molar-refractivity contribution in [2.45, 2.75) is 6.54 Å². The van der Waals surface area contributed by atoms with Crippen LogP contribution in [0.2, 0.25) is 0 Å². The highest BCUT2D eigenvalue weighted by Gasteiger charge is 2.33. The Labute approximate surface area is 157 Å². The van der Waals surface area contributed by atoms with Crippen LogP contribution in [0.15, 0.2) is 39.9 Å². The number of nitrogens with zero attached hydrogens (tertiary/aromatic N) is 2. The first-order chi connectivity index (χ1) is 12.4. The monoisotopic (exact) mass is 392 g/mol. The molecule has 1 saturated heterocycles.